The van der Waals surface area contributed by atoms with Gasteiger partial charge >= 0.3 is 0 Å². The molecule has 0 N–H and O–H groups in total. The molecule has 116 valence electrons. The highest BCUT2D eigenvalue weighted by Gasteiger charge is 2.28. The molecule has 3 nitrogen and oxygen atoms in total. The second-order valence-electron chi connectivity index (χ2n) is 6.84. The fourth-order valence-electron chi connectivity index (χ4n) is 3.85. The molecule has 0 aromatic carbocycles. The van der Waals surface area contributed by atoms with E-state index in [1.807, 2.05) is 0 Å². The van der Waals surface area contributed by atoms with Crippen LogP contribution in [0.4, 0.5) is 5.82 Å². The predicted molar refractivity (Wildman–Crippen MR) is 88.7 cm³/mol. The number of pyridine rings is 1. The molecule has 2 fully saturated rings. The molecule has 0 amide bonds. The molecule has 0 aliphatic carbocycles. The van der Waals surface area contributed by atoms with Crippen molar-refractivity contribution in [1.29, 1.82) is 0 Å². The Hall–Kier alpha value is -1.09. The zero-order chi connectivity index (χ0) is 14.7. The third-order valence-electron chi connectivity index (χ3n) is 5.04. The van der Waals surface area contributed by atoms with Crippen molar-refractivity contribution < 1.29 is 0 Å². The fourth-order valence-corrected chi connectivity index (χ4v) is 3.85. The van der Waals surface area contributed by atoms with Crippen molar-refractivity contribution in [3.63, 3.8) is 0 Å². The number of nitrogens with zero attached hydrogens (tertiary/aromatic N) is 3. The molecule has 1 atom stereocenters. The molecule has 1 aromatic heterocycles. The molecule has 0 saturated carbocycles. The van der Waals surface area contributed by atoms with Crippen LogP contribution < -0.4 is 4.90 Å². The van der Waals surface area contributed by atoms with Crippen molar-refractivity contribution in [3.8, 4) is 0 Å². The second kappa shape index (κ2) is 6.78. The third kappa shape index (κ3) is 3.39. The van der Waals surface area contributed by atoms with Gasteiger partial charge in [0.25, 0.3) is 0 Å². The van der Waals surface area contributed by atoms with Gasteiger partial charge < -0.3 is 4.90 Å². The van der Waals surface area contributed by atoms with E-state index in [-0.39, 0.29) is 0 Å². The van der Waals surface area contributed by atoms with Crippen molar-refractivity contribution in [3.05, 3.63) is 23.9 Å². The molecule has 0 bridgehead atoms. The minimum atomic E-state index is 0.579. The molecule has 1 aromatic rings. The quantitative estimate of drug-likeness (QED) is 0.837. The minimum Gasteiger partial charge on any atom is -0.357 e. The maximum absolute atomic E-state index is 4.78. The Morgan fingerprint density at radius 1 is 1.00 bits per heavy atom. The van der Waals surface area contributed by atoms with E-state index < -0.39 is 0 Å². The van der Waals surface area contributed by atoms with Crippen LogP contribution in [0.5, 0.6) is 0 Å². The van der Waals surface area contributed by atoms with E-state index in [2.05, 4.69) is 42.0 Å². The van der Waals surface area contributed by atoms with Gasteiger partial charge in [0.2, 0.25) is 0 Å². The van der Waals surface area contributed by atoms with Crippen molar-refractivity contribution in [2.75, 3.05) is 24.5 Å². The highest BCUT2D eigenvalue weighted by molar-refractivity contribution is 5.40. The Bertz CT molecular complexity index is 432. The Morgan fingerprint density at radius 2 is 1.76 bits per heavy atom. The van der Waals surface area contributed by atoms with Crippen LogP contribution in [0.2, 0.25) is 0 Å². The van der Waals surface area contributed by atoms with E-state index in [4.69, 9.17) is 4.98 Å². The maximum Gasteiger partial charge on any atom is 0.128 e. The van der Waals surface area contributed by atoms with Crippen LogP contribution in [0.1, 0.15) is 64.0 Å². The molecule has 0 spiro atoms. The summed E-state index contributed by atoms with van der Waals surface area (Å²) in [4.78, 5) is 9.86. The number of hydrogen-bond donors (Lipinski definition) is 0. The van der Waals surface area contributed by atoms with Gasteiger partial charge in [-0.05, 0) is 57.7 Å². The lowest BCUT2D eigenvalue weighted by Crippen LogP contribution is -2.30. The highest BCUT2D eigenvalue weighted by Crippen LogP contribution is 2.33. The summed E-state index contributed by atoms with van der Waals surface area (Å²) in [5.41, 5.74) is 1.40. The van der Waals surface area contributed by atoms with Crippen LogP contribution in [0.25, 0.3) is 0 Å². The zero-order valence-corrected chi connectivity index (χ0v) is 13.6. The molecule has 0 unspecified atom stereocenters. The SMILES string of the molecule is CC(C)N1CCC[C@@H]1c1ccc(N2CCCCCC2)nc1. The van der Waals surface area contributed by atoms with E-state index in [1.54, 1.807) is 0 Å². The molecule has 2 aliphatic heterocycles. The molecule has 3 rings (SSSR count). The summed E-state index contributed by atoms with van der Waals surface area (Å²) < 4.78 is 0. The first kappa shape index (κ1) is 14.8. The molecule has 2 saturated heterocycles. The lowest BCUT2D eigenvalue weighted by molar-refractivity contribution is 0.205. The van der Waals surface area contributed by atoms with Crippen molar-refractivity contribution in [2.24, 2.45) is 0 Å². The summed E-state index contributed by atoms with van der Waals surface area (Å²) >= 11 is 0. The van der Waals surface area contributed by atoms with Gasteiger partial charge in [-0.1, -0.05) is 18.9 Å². The lowest BCUT2D eigenvalue weighted by atomic mass is 10.1. The minimum absolute atomic E-state index is 0.579. The molecule has 0 radical (unpaired) electrons. The Kier molecular flexibility index (Phi) is 4.79. The predicted octanol–water partition coefficient (Wildman–Crippen LogP) is 4.01. The number of likely N-dealkylation sites (tertiary alicyclic amines) is 1. The van der Waals surface area contributed by atoms with E-state index >= 15 is 0 Å². The van der Waals surface area contributed by atoms with E-state index in [1.165, 1.54) is 69.5 Å². The zero-order valence-electron chi connectivity index (χ0n) is 13.6. The topological polar surface area (TPSA) is 19.4 Å². The smallest absolute Gasteiger partial charge is 0.128 e. The van der Waals surface area contributed by atoms with Gasteiger partial charge in [0.1, 0.15) is 5.82 Å². The first-order valence-corrected chi connectivity index (χ1v) is 8.72. The third-order valence-corrected chi connectivity index (χ3v) is 5.04. The average molecular weight is 287 g/mol. The number of aromatic nitrogens is 1. The highest BCUT2D eigenvalue weighted by atomic mass is 15.2. The van der Waals surface area contributed by atoms with E-state index in [0.29, 0.717) is 12.1 Å². The standard InChI is InChI=1S/C18H29N3/c1-15(2)21-13-7-8-17(21)16-9-10-18(19-14-16)20-11-5-3-4-6-12-20/h9-10,14-15,17H,3-8,11-13H2,1-2H3/t17-/m1/s1. The van der Waals surface area contributed by atoms with Gasteiger partial charge in [0, 0.05) is 31.4 Å². The molecule has 3 heteroatoms. The molecule has 3 heterocycles. The van der Waals surface area contributed by atoms with Gasteiger partial charge in [0.05, 0.1) is 0 Å². The van der Waals surface area contributed by atoms with Crippen LogP contribution in [0.15, 0.2) is 18.3 Å². The maximum atomic E-state index is 4.78. The first-order valence-electron chi connectivity index (χ1n) is 8.72. The molecular weight excluding hydrogens is 258 g/mol. The van der Waals surface area contributed by atoms with E-state index in [9.17, 15) is 0 Å². The number of hydrogen-bond acceptors (Lipinski definition) is 3. The summed E-state index contributed by atoms with van der Waals surface area (Å²) in [7, 11) is 0. The Labute approximate surface area is 129 Å². The Balaban J connectivity index is 1.71. The van der Waals surface area contributed by atoms with Crippen molar-refractivity contribution in [2.45, 2.75) is 64.5 Å². The van der Waals surface area contributed by atoms with Crippen molar-refractivity contribution >= 4 is 5.82 Å². The summed E-state index contributed by atoms with van der Waals surface area (Å²) in [6, 6.07) is 5.77. The van der Waals surface area contributed by atoms with Crippen LogP contribution in [-0.2, 0) is 0 Å². The van der Waals surface area contributed by atoms with Gasteiger partial charge in [0.15, 0.2) is 0 Å². The molecular formula is C18H29N3. The number of anilines is 1. The summed E-state index contributed by atoms with van der Waals surface area (Å²) in [5.74, 6) is 1.18. The Morgan fingerprint density at radius 3 is 2.38 bits per heavy atom. The normalized spacial score (nSPS) is 24.5. The summed E-state index contributed by atoms with van der Waals surface area (Å²) in [5, 5.41) is 0. The van der Waals surface area contributed by atoms with Crippen LogP contribution in [-0.4, -0.2) is 35.6 Å². The van der Waals surface area contributed by atoms with Gasteiger partial charge in [-0.15, -0.1) is 0 Å². The summed E-state index contributed by atoms with van der Waals surface area (Å²) in [6.07, 6.45) is 10.1. The van der Waals surface area contributed by atoms with Crippen LogP contribution in [0.3, 0.4) is 0 Å². The van der Waals surface area contributed by atoms with Gasteiger partial charge in [-0.25, -0.2) is 4.98 Å². The average Bonchev–Trinajstić information content (AvgIpc) is 2.83. The number of rotatable bonds is 3. The van der Waals surface area contributed by atoms with Gasteiger partial charge in [-0.3, -0.25) is 4.90 Å². The summed E-state index contributed by atoms with van der Waals surface area (Å²) in [6.45, 7) is 8.19. The molecule has 21 heavy (non-hydrogen) atoms. The van der Waals surface area contributed by atoms with Crippen LogP contribution >= 0.6 is 0 Å². The van der Waals surface area contributed by atoms with Gasteiger partial charge in [-0.2, -0.15) is 0 Å². The van der Waals surface area contributed by atoms with E-state index in [0.717, 1.165) is 0 Å². The molecule has 2 aliphatic rings. The van der Waals surface area contributed by atoms with Crippen molar-refractivity contribution in [1.82, 2.24) is 9.88 Å². The van der Waals surface area contributed by atoms with Crippen LogP contribution in [0, 0.1) is 0 Å². The fraction of sp³-hybridized carbons (Fsp3) is 0.722. The monoisotopic (exact) mass is 287 g/mol. The lowest BCUT2D eigenvalue weighted by Gasteiger charge is -2.29. The largest absolute Gasteiger partial charge is 0.357 e. The second-order valence-corrected chi connectivity index (χ2v) is 6.84. The first-order chi connectivity index (χ1) is 10.3.